The van der Waals surface area contributed by atoms with E-state index in [0.717, 1.165) is 31.2 Å². The highest BCUT2D eigenvalue weighted by atomic mass is 16.5. The van der Waals surface area contributed by atoms with Crippen molar-refractivity contribution in [1.29, 1.82) is 0 Å². The minimum Gasteiger partial charge on any atom is -0.385 e. The molecule has 1 aromatic heterocycles. The molecule has 1 aliphatic carbocycles. The summed E-state index contributed by atoms with van der Waals surface area (Å²) in [6.45, 7) is 5.85. The van der Waals surface area contributed by atoms with Gasteiger partial charge in [0.05, 0.1) is 12.0 Å². The van der Waals surface area contributed by atoms with Gasteiger partial charge in [0.15, 0.2) is 0 Å². The quantitative estimate of drug-likeness (QED) is 0.481. The van der Waals surface area contributed by atoms with E-state index in [2.05, 4.69) is 44.9 Å². The molecule has 2 aliphatic rings. The minimum absolute atomic E-state index is 0.0105. The van der Waals surface area contributed by atoms with E-state index >= 15 is 0 Å². The molecule has 0 radical (unpaired) electrons. The van der Waals surface area contributed by atoms with Crippen LogP contribution in [-0.2, 0) is 14.3 Å². The summed E-state index contributed by atoms with van der Waals surface area (Å²) in [7, 11) is 1.73. The van der Waals surface area contributed by atoms with Gasteiger partial charge in [-0.25, -0.2) is 0 Å². The van der Waals surface area contributed by atoms with Crippen LogP contribution in [0.2, 0.25) is 0 Å². The Morgan fingerprint density at radius 3 is 2.73 bits per heavy atom. The first-order valence-corrected chi connectivity index (χ1v) is 12.4. The van der Waals surface area contributed by atoms with Crippen LogP contribution in [0.4, 0.5) is 0 Å². The number of hydrogen-bond donors (Lipinski definition) is 3. The zero-order chi connectivity index (χ0) is 23.4. The molecule has 1 unspecified atom stereocenters. The molecule has 1 saturated carbocycles. The van der Waals surface area contributed by atoms with Crippen LogP contribution < -0.4 is 10.6 Å². The first-order chi connectivity index (χ1) is 16.0. The van der Waals surface area contributed by atoms with Crippen molar-refractivity contribution in [3.05, 3.63) is 36.0 Å². The van der Waals surface area contributed by atoms with Crippen LogP contribution in [0.3, 0.4) is 0 Å². The molecule has 3 N–H and O–H groups in total. The van der Waals surface area contributed by atoms with Crippen molar-refractivity contribution in [3.8, 4) is 0 Å². The second-order valence-electron chi connectivity index (χ2n) is 9.87. The number of hydrogen-bond acceptors (Lipinski definition) is 4. The lowest BCUT2D eigenvalue weighted by atomic mass is 9.91. The fourth-order valence-electron chi connectivity index (χ4n) is 4.99. The summed E-state index contributed by atoms with van der Waals surface area (Å²) in [6, 6.07) is 8.62. The number of carbonyl (C=O) groups is 2. The Hall–Kier alpha value is -2.38. The van der Waals surface area contributed by atoms with Crippen molar-refractivity contribution in [2.24, 2.45) is 11.8 Å². The van der Waals surface area contributed by atoms with E-state index in [9.17, 15) is 9.59 Å². The van der Waals surface area contributed by atoms with Crippen molar-refractivity contribution in [3.63, 3.8) is 0 Å². The normalized spacial score (nSPS) is 21.8. The van der Waals surface area contributed by atoms with Crippen LogP contribution in [0.15, 0.2) is 30.5 Å². The number of carbonyl (C=O) groups excluding carboxylic acids is 2. The Morgan fingerprint density at radius 2 is 2.00 bits per heavy atom. The van der Waals surface area contributed by atoms with Gasteiger partial charge >= 0.3 is 0 Å². The van der Waals surface area contributed by atoms with E-state index in [0.29, 0.717) is 32.2 Å². The average Bonchev–Trinajstić information content (AvgIpc) is 3.56. The van der Waals surface area contributed by atoms with Gasteiger partial charge in [-0.15, -0.1) is 0 Å². The van der Waals surface area contributed by atoms with E-state index in [1.165, 1.54) is 10.9 Å². The number of para-hydroxylation sites is 1. The third-order valence-corrected chi connectivity index (χ3v) is 6.91. The van der Waals surface area contributed by atoms with E-state index in [1.807, 2.05) is 19.9 Å². The fraction of sp³-hybridized carbons (Fsp3) is 0.615. The molecule has 1 aromatic carbocycles. The van der Waals surface area contributed by atoms with Gasteiger partial charge in [0, 0.05) is 61.9 Å². The number of amides is 2. The Bertz CT molecular complexity index is 952. The first kappa shape index (κ1) is 23.8. The summed E-state index contributed by atoms with van der Waals surface area (Å²) >= 11 is 0. The topological polar surface area (TPSA) is 86.5 Å². The summed E-state index contributed by atoms with van der Waals surface area (Å²) < 4.78 is 5.34. The molecule has 0 bridgehead atoms. The van der Waals surface area contributed by atoms with E-state index in [1.54, 1.807) is 7.11 Å². The highest BCUT2D eigenvalue weighted by Gasteiger charge is 2.42. The van der Waals surface area contributed by atoms with Crippen LogP contribution in [0.1, 0.15) is 57.6 Å². The Labute approximate surface area is 196 Å². The van der Waals surface area contributed by atoms with Crippen LogP contribution in [0, 0.1) is 11.8 Å². The van der Waals surface area contributed by atoms with Crippen LogP contribution in [-0.4, -0.2) is 60.6 Å². The molecule has 2 aromatic rings. The van der Waals surface area contributed by atoms with Gasteiger partial charge in [-0.3, -0.25) is 9.59 Å². The second-order valence-corrected chi connectivity index (χ2v) is 9.87. The van der Waals surface area contributed by atoms with Crippen LogP contribution in [0.25, 0.3) is 10.9 Å². The Morgan fingerprint density at radius 1 is 1.21 bits per heavy atom. The number of methoxy groups -OCH3 is 1. The van der Waals surface area contributed by atoms with Gasteiger partial charge < -0.3 is 25.3 Å². The molecule has 2 amide bonds. The van der Waals surface area contributed by atoms with Crippen LogP contribution in [0.5, 0.6) is 0 Å². The van der Waals surface area contributed by atoms with Crippen molar-refractivity contribution in [1.82, 2.24) is 20.5 Å². The molecule has 33 heavy (non-hydrogen) atoms. The van der Waals surface area contributed by atoms with E-state index in [4.69, 9.17) is 4.74 Å². The fourth-order valence-corrected chi connectivity index (χ4v) is 4.99. The number of aromatic amines is 1. The number of ether oxygens (including phenoxy) is 1. The number of nitrogens with zero attached hydrogens (tertiary/aromatic N) is 1. The second kappa shape index (κ2) is 10.7. The van der Waals surface area contributed by atoms with Gasteiger partial charge in [-0.2, -0.15) is 0 Å². The molecule has 7 heteroatoms. The molecule has 2 heterocycles. The zero-order valence-corrected chi connectivity index (χ0v) is 20.1. The highest BCUT2D eigenvalue weighted by molar-refractivity contribution is 5.86. The molecule has 1 aliphatic heterocycles. The molecule has 7 nitrogen and oxygen atoms in total. The monoisotopic (exact) mass is 454 g/mol. The van der Waals surface area contributed by atoms with Gasteiger partial charge in [-0.1, -0.05) is 32.0 Å². The molecular weight excluding hydrogens is 416 g/mol. The number of rotatable bonds is 10. The molecule has 2 fully saturated rings. The van der Waals surface area contributed by atoms with Gasteiger partial charge in [0.2, 0.25) is 11.8 Å². The summed E-state index contributed by atoms with van der Waals surface area (Å²) in [5.41, 5.74) is 2.29. The van der Waals surface area contributed by atoms with Crippen molar-refractivity contribution in [2.75, 3.05) is 26.8 Å². The van der Waals surface area contributed by atoms with Crippen molar-refractivity contribution < 1.29 is 14.3 Å². The summed E-state index contributed by atoms with van der Waals surface area (Å²) in [6.07, 6.45) is 6.64. The van der Waals surface area contributed by atoms with Gasteiger partial charge in [-0.05, 0) is 43.7 Å². The highest BCUT2D eigenvalue weighted by Crippen LogP contribution is 2.40. The largest absolute Gasteiger partial charge is 0.385 e. The maximum atomic E-state index is 14.0. The molecule has 3 atom stereocenters. The first-order valence-electron chi connectivity index (χ1n) is 12.4. The SMILES string of the molecule is COCCCC(c1c[nH]c2ccccc12)N(C(=O)[C@@H]1CNC[C@H](NC(=O)C(C)C)C1)C1CC1. The van der Waals surface area contributed by atoms with Crippen molar-refractivity contribution in [2.45, 2.75) is 64.1 Å². The third kappa shape index (κ3) is 5.58. The number of benzene rings is 1. The average molecular weight is 455 g/mol. The molecule has 1 saturated heterocycles. The summed E-state index contributed by atoms with van der Waals surface area (Å²) in [4.78, 5) is 31.8. The zero-order valence-electron chi connectivity index (χ0n) is 20.1. The smallest absolute Gasteiger partial charge is 0.227 e. The van der Waals surface area contributed by atoms with Gasteiger partial charge in [0.25, 0.3) is 0 Å². The Kier molecular flexibility index (Phi) is 7.71. The standard InChI is InChI=1S/C26H38N4O3/c1-17(2)25(31)29-19-13-18(14-27-15-19)26(32)30(20-10-11-20)24(9-6-12-33-3)22-16-28-23-8-5-4-7-21(22)23/h4-5,7-8,16-20,24,27-28H,6,9-15H2,1-3H3,(H,29,31)/t18-,19+,24?/m0/s1. The third-order valence-electron chi connectivity index (χ3n) is 6.91. The number of fused-ring (bicyclic) bond motifs is 1. The molecule has 180 valence electrons. The lowest BCUT2D eigenvalue weighted by Gasteiger charge is -2.38. The molecular formula is C26H38N4O3. The van der Waals surface area contributed by atoms with Gasteiger partial charge in [0.1, 0.15) is 0 Å². The van der Waals surface area contributed by atoms with E-state index in [-0.39, 0.29) is 35.7 Å². The van der Waals surface area contributed by atoms with E-state index < -0.39 is 0 Å². The number of piperidine rings is 1. The number of nitrogens with one attached hydrogen (secondary N) is 3. The Balaban J connectivity index is 1.57. The maximum absolute atomic E-state index is 14.0. The van der Waals surface area contributed by atoms with Crippen LogP contribution >= 0.6 is 0 Å². The lowest BCUT2D eigenvalue weighted by Crippen LogP contribution is -2.54. The predicted octanol–water partition coefficient (Wildman–Crippen LogP) is 3.38. The molecule has 0 spiro atoms. The predicted molar refractivity (Wildman–Crippen MR) is 130 cm³/mol. The maximum Gasteiger partial charge on any atom is 0.227 e. The summed E-state index contributed by atoms with van der Waals surface area (Å²) in [5.74, 6) is 0.0643. The number of H-pyrrole nitrogens is 1. The summed E-state index contributed by atoms with van der Waals surface area (Å²) in [5, 5.41) is 7.69. The minimum atomic E-state index is -0.132. The van der Waals surface area contributed by atoms with Crippen molar-refractivity contribution >= 4 is 22.7 Å². The lowest BCUT2D eigenvalue weighted by molar-refractivity contribution is -0.140. The molecule has 4 rings (SSSR count). The number of aromatic nitrogens is 1.